The van der Waals surface area contributed by atoms with Gasteiger partial charge in [0.15, 0.2) is 0 Å². The van der Waals surface area contributed by atoms with E-state index in [1.807, 2.05) is 78.9 Å². The van der Waals surface area contributed by atoms with Crippen LogP contribution in [0.3, 0.4) is 0 Å². The van der Waals surface area contributed by atoms with Crippen LogP contribution in [0.5, 0.6) is 5.75 Å². The summed E-state index contributed by atoms with van der Waals surface area (Å²) in [6, 6.07) is 24.6. The molecule has 4 nitrogen and oxygen atoms in total. The Hall–Kier alpha value is -3.66. The first-order valence-corrected chi connectivity index (χ1v) is 8.66. The third kappa shape index (κ3) is 3.37. The average Bonchev–Trinajstić information content (AvgIpc) is 2.98. The minimum Gasteiger partial charge on any atom is -0.497 e. The van der Waals surface area contributed by atoms with Crippen molar-refractivity contribution in [1.29, 1.82) is 0 Å². The monoisotopic (exact) mass is 354 g/mol. The fraction of sp³-hybridized carbons (Fsp3) is 0.0435. The molecule has 4 heteroatoms. The van der Waals surface area contributed by atoms with E-state index in [0.717, 1.165) is 28.1 Å². The highest BCUT2D eigenvalue weighted by Gasteiger charge is 2.11. The van der Waals surface area contributed by atoms with Gasteiger partial charge in [0.2, 0.25) is 5.43 Å². The predicted molar refractivity (Wildman–Crippen MR) is 109 cm³/mol. The van der Waals surface area contributed by atoms with Crippen molar-refractivity contribution in [1.82, 2.24) is 9.78 Å². The molecule has 0 aliphatic heterocycles. The Morgan fingerprint density at radius 1 is 0.889 bits per heavy atom. The second-order valence-electron chi connectivity index (χ2n) is 6.09. The molecule has 0 atom stereocenters. The lowest BCUT2D eigenvalue weighted by molar-refractivity contribution is 0.414. The van der Waals surface area contributed by atoms with E-state index < -0.39 is 0 Å². The van der Waals surface area contributed by atoms with E-state index in [9.17, 15) is 4.79 Å². The first kappa shape index (κ1) is 16.8. The number of benzene rings is 2. The molecule has 4 rings (SSSR count). The third-order valence-corrected chi connectivity index (χ3v) is 4.33. The topological polar surface area (TPSA) is 44.1 Å². The summed E-state index contributed by atoms with van der Waals surface area (Å²) in [6.45, 7) is 0. The maximum atomic E-state index is 12.6. The molecule has 0 saturated carbocycles. The standard InChI is InChI=1S/C23H18N2O2/c1-27-19-11-7-8-17(16-19)14-15-21-20-12-5-6-13-22(26)23(20)25(24-21)18-9-3-2-4-10-18/h2-16H,1H3/b15-14-. The molecule has 0 spiro atoms. The van der Waals surface area contributed by atoms with Crippen molar-refractivity contribution < 1.29 is 4.74 Å². The van der Waals surface area contributed by atoms with Crippen molar-refractivity contribution >= 4 is 23.1 Å². The maximum Gasteiger partial charge on any atom is 0.204 e. The first-order valence-electron chi connectivity index (χ1n) is 8.66. The number of hydrogen-bond donors (Lipinski definition) is 0. The quantitative estimate of drug-likeness (QED) is 0.539. The van der Waals surface area contributed by atoms with Crippen molar-refractivity contribution in [2.45, 2.75) is 0 Å². The number of aromatic nitrogens is 2. The van der Waals surface area contributed by atoms with E-state index in [1.54, 1.807) is 23.9 Å². The lowest BCUT2D eigenvalue weighted by Gasteiger charge is -2.01. The lowest BCUT2D eigenvalue weighted by atomic mass is 10.1. The molecule has 27 heavy (non-hydrogen) atoms. The Morgan fingerprint density at radius 2 is 1.67 bits per heavy atom. The zero-order valence-corrected chi connectivity index (χ0v) is 14.9. The van der Waals surface area contributed by atoms with Gasteiger partial charge in [0.1, 0.15) is 11.3 Å². The summed E-state index contributed by atoms with van der Waals surface area (Å²) in [6.07, 6.45) is 3.90. The second kappa shape index (κ2) is 7.30. The van der Waals surface area contributed by atoms with E-state index in [1.165, 1.54) is 0 Å². The van der Waals surface area contributed by atoms with Crippen LogP contribution in [0.1, 0.15) is 11.3 Å². The highest BCUT2D eigenvalue weighted by atomic mass is 16.5. The maximum absolute atomic E-state index is 12.6. The van der Waals surface area contributed by atoms with Gasteiger partial charge in [-0.3, -0.25) is 4.79 Å². The molecule has 4 aromatic rings. The Morgan fingerprint density at radius 3 is 2.48 bits per heavy atom. The van der Waals surface area contributed by atoms with Crippen LogP contribution in [0.25, 0.3) is 28.7 Å². The summed E-state index contributed by atoms with van der Waals surface area (Å²) in [5, 5.41) is 5.52. The van der Waals surface area contributed by atoms with Crippen molar-refractivity contribution in [3.63, 3.8) is 0 Å². The van der Waals surface area contributed by atoms with Gasteiger partial charge < -0.3 is 4.74 Å². The van der Waals surface area contributed by atoms with E-state index >= 15 is 0 Å². The van der Waals surface area contributed by atoms with E-state index in [0.29, 0.717) is 5.52 Å². The summed E-state index contributed by atoms with van der Waals surface area (Å²) in [5.74, 6) is 0.796. The average molecular weight is 354 g/mol. The third-order valence-electron chi connectivity index (χ3n) is 4.33. The number of fused-ring (bicyclic) bond motifs is 1. The molecule has 0 saturated heterocycles. The predicted octanol–water partition coefficient (Wildman–Crippen LogP) is 4.56. The molecular formula is C23H18N2O2. The summed E-state index contributed by atoms with van der Waals surface area (Å²) in [5.41, 5.74) is 3.10. The molecule has 0 aliphatic rings. The van der Waals surface area contributed by atoms with Crippen LogP contribution in [-0.4, -0.2) is 16.9 Å². The first-order chi connectivity index (χ1) is 13.3. The minimum absolute atomic E-state index is 0.0626. The highest BCUT2D eigenvalue weighted by molar-refractivity contribution is 5.90. The molecule has 0 radical (unpaired) electrons. The molecule has 0 amide bonds. The minimum atomic E-state index is -0.0626. The second-order valence-corrected chi connectivity index (χ2v) is 6.09. The Kier molecular flexibility index (Phi) is 4.54. The van der Waals surface area contributed by atoms with Crippen LogP contribution in [-0.2, 0) is 0 Å². The van der Waals surface area contributed by atoms with Crippen LogP contribution in [0.4, 0.5) is 0 Å². The number of rotatable bonds is 4. The van der Waals surface area contributed by atoms with Gasteiger partial charge in [-0.2, -0.15) is 5.10 Å². The fourth-order valence-corrected chi connectivity index (χ4v) is 3.02. The largest absolute Gasteiger partial charge is 0.497 e. The van der Waals surface area contributed by atoms with Crippen molar-refractivity contribution in [2.75, 3.05) is 7.11 Å². The lowest BCUT2D eigenvalue weighted by Crippen LogP contribution is -2.04. The Balaban J connectivity index is 1.89. The zero-order valence-electron chi connectivity index (χ0n) is 14.9. The molecule has 1 heterocycles. The van der Waals surface area contributed by atoms with Gasteiger partial charge in [0.25, 0.3) is 0 Å². The number of nitrogens with zero attached hydrogens (tertiary/aromatic N) is 2. The van der Waals surface area contributed by atoms with Crippen LogP contribution < -0.4 is 10.2 Å². The molecule has 0 unspecified atom stereocenters. The van der Waals surface area contributed by atoms with Crippen molar-refractivity contribution in [3.05, 3.63) is 100 Å². The molecule has 0 bridgehead atoms. The molecule has 0 N–H and O–H groups in total. The van der Waals surface area contributed by atoms with Crippen LogP contribution in [0, 0.1) is 0 Å². The van der Waals surface area contributed by atoms with Crippen LogP contribution in [0.2, 0.25) is 0 Å². The normalized spacial score (nSPS) is 11.1. The van der Waals surface area contributed by atoms with Crippen molar-refractivity contribution in [2.24, 2.45) is 0 Å². The smallest absolute Gasteiger partial charge is 0.204 e. The molecular weight excluding hydrogens is 336 g/mol. The molecule has 132 valence electrons. The number of hydrogen-bond acceptors (Lipinski definition) is 3. The van der Waals surface area contributed by atoms with Crippen LogP contribution in [0.15, 0.2) is 83.7 Å². The fourth-order valence-electron chi connectivity index (χ4n) is 3.02. The zero-order chi connectivity index (χ0) is 18.6. The Labute approximate surface area is 157 Å². The highest BCUT2D eigenvalue weighted by Crippen LogP contribution is 2.21. The van der Waals surface area contributed by atoms with E-state index in [4.69, 9.17) is 9.84 Å². The molecule has 1 aromatic heterocycles. The van der Waals surface area contributed by atoms with Gasteiger partial charge in [-0.1, -0.05) is 54.6 Å². The van der Waals surface area contributed by atoms with Gasteiger partial charge in [-0.25, -0.2) is 4.68 Å². The summed E-state index contributed by atoms with van der Waals surface area (Å²) in [7, 11) is 1.65. The summed E-state index contributed by atoms with van der Waals surface area (Å²) < 4.78 is 6.98. The van der Waals surface area contributed by atoms with E-state index in [-0.39, 0.29) is 5.43 Å². The van der Waals surface area contributed by atoms with Gasteiger partial charge >= 0.3 is 0 Å². The van der Waals surface area contributed by atoms with E-state index in [2.05, 4.69) is 0 Å². The summed E-state index contributed by atoms with van der Waals surface area (Å²) in [4.78, 5) is 12.6. The van der Waals surface area contributed by atoms with Gasteiger partial charge in [0.05, 0.1) is 18.5 Å². The SMILES string of the molecule is COc1cccc(/C=C\c2nn(-c3ccccc3)c3c(=O)ccccc23)c1. The van der Waals surface area contributed by atoms with Gasteiger partial charge in [-0.15, -0.1) is 0 Å². The summed E-state index contributed by atoms with van der Waals surface area (Å²) >= 11 is 0. The molecule has 0 fully saturated rings. The number of para-hydroxylation sites is 1. The Bertz CT molecular complexity index is 1180. The number of methoxy groups -OCH3 is 1. The molecule has 3 aromatic carbocycles. The van der Waals surface area contributed by atoms with Crippen LogP contribution >= 0.6 is 0 Å². The number of ether oxygens (including phenoxy) is 1. The van der Waals surface area contributed by atoms with Gasteiger partial charge in [-0.05, 0) is 42.0 Å². The molecule has 0 aliphatic carbocycles. The van der Waals surface area contributed by atoms with Crippen molar-refractivity contribution in [3.8, 4) is 11.4 Å². The van der Waals surface area contributed by atoms with Gasteiger partial charge in [0, 0.05) is 5.39 Å².